The highest BCUT2D eigenvalue weighted by Crippen LogP contribution is 2.29. The van der Waals surface area contributed by atoms with Crippen molar-refractivity contribution in [3.05, 3.63) is 52.6 Å². The van der Waals surface area contributed by atoms with E-state index in [0.717, 1.165) is 24.2 Å². The van der Waals surface area contributed by atoms with E-state index in [1.54, 1.807) is 36.0 Å². The van der Waals surface area contributed by atoms with Crippen LogP contribution in [0.4, 0.5) is 0 Å². The number of thiazole rings is 1. The molecule has 184 valence electrons. The maximum atomic E-state index is 13.1. The first-order valence-electron chi connectivity index (χ1n) is 11.3. The molecule has 0 aliphatic carbocycles. The molecule has 1 atom stereocenters. The molecule has 4 rings (SSSR count). The monoisotopic (exact) mass is 494 g/mol. The number of fused-ring (bicyclic) bond motifs is 1. The van der Waals surface area contributed by atoms with Gasteiger partial charge in [0.05, 0.1) is 34.9 Å². The van der Waals surface area contributed by atoms with Gasteiger partial charge in [-0.25, -0.2) is 4.52 Å². The molecular formula is C24H30N8O2S. The molecule has 1 fully saturated rings. The van der Waals surface area contributed by atoms with Gasteiger partial charge in [0.2, 0.25) is 5.91 Å². The van der Waals surface area contributed by atoms with E-state index < -0.39 is 0 Å². The maximum absolute atomic E-state index is 13.1. The molecule has 0 bridgehead atoms. The second-order valence-electron chi connectivity index (χ2n) is 9.67. The first-order valence-corrected chi connectivity index (χ1v) is 12.1. The Kier molecular flexibility index (Phi) is 6.73. The van der Waals surface area contributed by atoms with Crippen molar-refractivity contribution in [2.24, 2.45) is 5.41 Å². The SMILES string of the molecule is CC(=N)/C(=C\C=N)c1cn2ncc(C(=O)NC3=CC(NC(=O)CN4CC(C)(C)C4)=CNC3C)c2s1. The Morgan fingerprint density at radius 2 is 2.09 bits per heavy atom. The lowest BCUT2D eigenvalue weighted by molar-refractivity contribution is -0.124. The molecule has 0 aromatic carbocycles. The maximum Gasteiger partial charge on any atom is 0.260 e. The Hall–Kier alpha value is -3.57. The van der Waals surface area contributed by atoms with Crippen LogP contribution in [0, 0.1) is 16.2 Å². The molecule has 0 radical (unpaired) electrons. The smallest absolute Gasteiger partial charge is 0.260 e. The molecule has 4 heterocycles. The zero-order chi connectivity index (χ0) is 25.3. The normalized spacial score (nSPS) is 19.8. The van der Waals surface area contributed by atoms with Gasteiger partial charge in [-0.2, -0.15) is 5.10 Å². The molecule has 0 spiro atoms. The van der Waals surface area contributed by atoms with Crippen molar-refractivity contribution >= 4 is 45.5 Å². The van der Waals surface area contributed by atoms with Crippen molar-refractivity contribution in [1.82, 2.24) is 30.5 Å². The van der Waals surface area contributed by atoms with Gasteiger partial charge in [0, 0.05) is 48.7 Å². The number of hydrogen-bond acceptors (Lipinski definition) is 8. The van der Waals surface area contributed by atoms with E-state index in [-0.39, 0.29) is 23.3 Å². The molecule has 2 amide bonds. The lowest BCUT2D eigenvalue weighted by Gasteiger charge is -2.45. The van der Waals surface area contributed by atoms with Crippen LogP contribution in [0.1, 0.15) is 42.9 Å². The quantitative estimate of drug-likeness (QED) is 0.359. The van der Waals surface area contributed by atoms with E-state index in [0.29, 0.717) is 39.6 Å². The minimum atomic E-state index is -0.312. The number of likely N-dealkylation sites (tertiary alicyclic amines) is 1. The van der Waals surface area contributed by atoms with Crippen LogP contribution in [0.15, 0.2) is 42.1 Å². The van der Waals surface area contributed by atoms with Crippen LogP contribution in [-0.2, 0) is 4.79 Å². The zero-order valence-corrected chi connectivity index (χ0v) is 21.0. The summed E-state index contributed by atoms with van der Waals surface area (Å²) in [5, 5.41) is 28.6. The summed E-state index contributed by atoms with van der Waals surface area (Å²) in [4.78, 5) is 29.1. The molecule has 2 aliphatic heterocycles. The highest BCUT2D eigenvalue weighted by molar-refractivity contribution is 7.19. The fourth-order valence-corrected chi connectivity index (χ4v) is 5.42. The molecule has 35 heavy (non-hydrogen) atoms. The molecule has 10 nitrogen and oxygen atoms in total. The average molecular weight is 495 g/mol. The van der Waals surface area contributed by atoms with Crippen LogP contribution in [0.25, 0.3) is 10.4 Å². The fourth-order valence-electron chi connectivity index (χ4n) is 4.28. The van der Waals surface area contributed by atoms with Gasteiger partial charge < -0.3 is 26.8 Å². The number of carbonyl (C=O) groups excluding carboxylic acids is 2. The van der Waals surface area contributed by atoms with E-state index in [1.807, 2.05) is 6.92 Å². The van der Waals surface area contributed by atoms with Crippen LogP contribution in [-0.4, -0.2) is 63.9 Å². The third-order valence-corrected chi connectivity index (χ3v) is 6.98. The molecule has 1 saturated heterocycles. The largest absolute Gasteiger partial charge is 0.381 e. The molecule has 1 unspecified atom stereocenters. The first kappa shape index (κ1) is 24.6. The lowest BCUT2D eigenvalue weighted by Crippen LogP contribution is -2.55. The summed E-state index contributed by atoms with van der Waals surface area (Å²) in [6, 6.07) is -0.150. The van der Waals surface area contributed by atoms with Crippen molar-refractivity contribution < 1.29 is 9.59 Å². The van der Waals surface area contributed by atoms with Crippen LogP contribution in [0.2, 0.25) is 0 Å². The van der Waals surface area contributed by atoms with Gasteiger partial charge in [-0.15, -0.1) is 11.3 Å². The van der Waals surface area contributed by atoms with Crippen LogP contribution >= 0.6 is 11.3 Å². The van der Waals surface area contributed by atoms with Gasteiger partial charge in [0.15, 0.2) is 0 Å². The summed E-state index contributed by atoms with van der Waals surface area (Å²) >= 11 is 1.34. The Balaban J connectivity index is 1.45. The van der Waals surface area contributed by atoms with Gasteiger partial charge in [-0.1, -0.05) is 13.8 Å². The van der Waals surface area contributed by atoms with E-state index in [2.05, 4.69) is 39.8 Å². The van der Waals surface area contributed by atoms with Crippen LogP contribution < -0.4 is 16.0 Å². The number of nitrogens with zero attached hydrogens (tertiary/aromatic N) is 3. The van der Waals surface area contributed by atoms with Gasteiger partial charge in [-0.05, 0) is 31.4 Å². The van der Waals surface area contributed by atoms with E-state index in [4.69, 9.17) is 10.8 Å². The van der Waals surface area contributed by atoms with Crippen molar-refractivity contribution in [3.63, 3.8) is 0 Å². The number of dihydropyridines is 1. The van der Waals surface area contributed by atoms with Gasteiger partial charge in [0.1, 0.15) is 4.83 Å². The highest BCUT2D eigenvalue weighted by atomic mass is 32.1. The molecular weight excluding hydrogens is 464 g/mol. The van der Waals surface area contributed by atoms with Crippen LogP contribution in [0.3, 0.4) is 0 Å². The van der Waals surface area contributed by atoms with Crippen molar-refractivity contribution in [3.8, 4) is 0 Å². The number of carbonyl (C=O) groups is 2. The third kappa shape index (κ3) is 5.41. The number of amides is 2. The molecule has 5 N–H and O–H groups in total. The standard InChI is InChI=1S/C24H30N8O2S/c1-14(26)17(5-6-25)20-10-32-23(35-20)18(9-28-32)22(34)30-19-7-16(8-27-15(19)2)29-21(33)11-31-12-24(3,4)13-31/h5-10,15,25-27H,11-13H2,1-4H3,(H,29,33)(H,30,34)/b17-5+,25-6?,26-14?. The summed E-state index contributed by atoms with van der Waals surface area (Å²) in [5.74, 6) is -0.405. The minimum absolute atomic E-state index is 0.0928. The Morgan fingerprint density at radius 1 is 1.34 bits per heavy atom. The molecule has 11 heteroatoms. The number of allylic oxidation sites excluding steroid dienone is 3. The van der Waals surface area contributed by atoms with E-state index in [1.165, 1.54) is 17.5 Å². The van der Waals surface area contributed by atoms with Gasteiger partial charge >= 0.3 is 0 Å². The Bertz CT molecular complexity index is 1290. The number of aromatic nitrogens is 2. The third-order valence-electron chi connectivity index (χ3n) is 5.84. The minimum Gasteiger partial charge on any atom is -0.381 e. The van der Waals surface area contributed by atoms with E-state index >= 15 is 0 Å². The van der Waals surface area contributed by atoms with Gasteiger partial charge in [-0.3, -0.25) is 14.5 Å². The summed E-state index contributed by atoms with van der Waals surface area (Å²) in [6.07, 6.45) is 9.46. The predicted octanol–water partition coefficient (Wildman–Crippen LogP) is 2.37. The zero-order valence-electron chi connectivity index (χ0n) is 20.2. The highest BCUT2D eigenvalue weighted by Gasteiger charge is 2.34. The fraction of sp³-hybridized carbons (Fsp3) is 0.375. The Morgan fingerprint density at radius 3 is 2.74 bits per heavy atom. The number of hydrogen-bond donors (Lipinski definition) is 5. The number of nitrogens with one attached hydrogen (secondary N) is 5. The topological polar surface area (TPSA) is 138 Å². The van der Waals surface area contributed by atoms with Crippen molar-refractivity contribution in [2.75, 3.05) is 19.6 Å². The van der Waals surface area contributed by atoms with Gasteiger partial charge in [0.25, 0.3) is 5.91 Å². The predicted molar refractivity (Wildman–Crippen MR) is 138 cm³/mol. The Labute approximate surface area is 207 Å². The second-order valence-corrected chi connectivity index (χ2v) is 10.7. The first-order chi connectivity index (χ1) is 16.6. The van der Waals surface area contributed by atoms with Crippen molar-refractivity contribution in [1.29, 1.82) is 10.8 Å². The van der Waals surface area contributed by atoms with E-state index in [9.17, 15) is 9.59 Å². The average Bonchev–Trinajstić information content (AvgIpc) is 3.33. The lowest BCUT2D eigenvalue weighted by atomic mass is 9.84. The molecule has 2 aromatic heterocycles. The summed E-state index contributed by atoms with van der Waals surface area (Å²) in [5.41, 5.74) is 2.83. The molecule has 2 aromatic rings. The summed E-state index contributed by atoms with van der Waals surface area (Å²) < 4.78 is 1.61. The second kappa shape index (κ2) is 9.59. The molecule has 2 aliphatic rings. The summed E-state index contributed by atoms with van der Waals surface area (Å²) in [6.45, 7) is 10.1. The molecule has 0 saturated carbocycles. The van der Waals surface area contributed by atoms with Crippen LogP contribution in [0.5, 0.6) is 0 Å². The number of rotatable bonds is 8. The summed E-state index contributed by atoms with van der Waals surface area (Å²) in [7, 11) is 0. The van der Waals surface area contributed by atoms with Crippen molar-refractivity contribution in [2.45, 2.75) is 33.7 Å².